The van der Waals surface area contributed by atoms with Gasteiger partial charge in [-0.1, -0.05) is 0 Å². The van der Waals surface area contributed by atoms with Crippen LogP contribution in [-0.2, 0) is 5.60 Å². The van der Waals surface area contributed by atoms with Crippen molar-refractivity contribution in [3.63, 3.8) is 0 Å². The molecule has 2 atom stereocenters. The Morgan fingerprint density at radius 3 is 2.32 bits per heavy atom. The third-order valence-electron chi connectivity index (χ3n) is 4.10. The molecule has 0 spiro atoms. The first-order valence-corrected chi connectivity index (χ1v) is 17.4. The topological polar surface area (TPSA) is 20.2 Å². The summed E-state index contributed by atoms with van der Waals surface area (Å²) in [6.07, 6.45) is 5.21. The molecule has 1 saturated carbocycles. The van der Waals surface area contributed by atoms with Crippen LogP contribution in [0.3, 0.4) is 0 Å². The molecule has 0 heterocycles. The molecule has 19 heavy (non-hydrogen) atoms. The monoisotopic (exact) mass is 366 g/mol. The molecule has 0 saturated heterocycles. The second-order valence-electron chi connectivity index (χ2n) is 7.43. The predicted octanol–water partition coefficient (Wildman–Crippen LogP) is 4.50. The molecule has 1 aliphatic rings. The molecule has 2 heteroatoms. The van der Waals surface area contributed by atoms with Crippen molar-refractivity contribution in [2.75, 3.05) is 0 Å². The van der Waals surface area contributed by atoms with Crippen molar-refractivity contribution >= 4 is 18.4 Å². The van der Waals surface area contributed by atoms with Crippen LogP contribution in [0.15, 0.2) is 40.5 Å². The fourth-order valence-corrected chi connectivity index (χ4v) is 5.50. The van der Waals surface area contributed by atoms with Crippen LogP contribution in [-0.4, -0.2) is 23.5 Å². The van der Waals surface area contributed by atoms with Crippen molar-refractivity contribution in [3.8, 4) is 0 Å². The van der Waals surface area contributed by atoms with Crippen LogP contribution in [0.2, 0.25) is 14.8 Å². The van der Waals surface area contributed by atoms with Gasteiger partial charge in [0.2, 0.25) is 0 Å². The van der Waals surface area contributed by atoms with E-state index in [0.717, 1.165) is 24.8 Å². The van der Waals surface area contributed by atoms with Gasteiger partial charge in [-0.2, -0.15) is 0 Å². The van der Waals surface area contributed by atoms with Gasteiger partial charge in [0.05, 0.1) is 0 Å². The van der Waals surface area contributed by atoms with Crippen LogP contribution in [0.25, 0.3) is 0 Å². The third kappa shape index (κ3) is 3.85. The number of hydrogen-bond donors (Lipinski definition) is 1. The van der Waals surface area contributed by atoms with Gasteiger partial charge in [0.15, 0.2) is 0 Å². The van der Waals surface area contributed by atoms with Crippen molar-refractivity contribution < 1.29 is 5.11 Å². The van der Waals surface area contributed by atoms with Crippen molar-refractivity contribution in [3.05, 3.63) is 46.1 Å². The Bertz CT molecular complexity index is 460. The van der Waals surface area contributed by atoms with E-state index < -0.39 is 24.0 Å². The van der Waals surface area contributed by atoms with E-state index in [9.17, 15) is 5.11 Å². The van der Waals surface area contributed by atoms with Gasteiger partial charge >= 0.3 is 122 Å². The summed E-state index contributed by atoms with van der Waals surface area (Å²) >= 11 is -1.86. The van der Waals surface area contributed by atoms with Crippen LogP contribution in [0.1, 0.15) is 31.7 Å². The van der Waals surface area contributed by atoms with Crippen molar-refractivity contribution in [1.29, 1.82) is 0 Å². The van der Waals surface area contributed by atoms with E-state index in [-0.39, 0.29) is 5.41 Å². The summed E-state index contributed by atoms with van der Waals surface area (Å²) in [6, 6.07) is 10.2. The molecule has 0 bridgehead atoms. The SMILES string of the molecule is C[C@]1(/C=[CH]\[Sn]([CH3])([CH3])[CH3])CC[C@@](O)(c2ccccc2)C1. The molecule has 1 nitrogen and oxygen atoms in total. The van der Waals surface area contributed by atoms with Crippen LogP contribution in [0.5, 0.6) is 0 Å². The Labute approximate surface area is 121 Å². The summed E-state index contributed by atoms with van der Waals surface area (Å²) < 4.78 is 2.49. The number of aliphatic hydroxyl groups is 1. The summed E-state index contributed by atoms with van der Waals surface area (Å²) in [5.41, 5.74) is 0.606. The molecule has 0 unspecified atom stereocenters. The Morgan fingerprint density at radius 2 is 1.74 bits per heavy atom. The van der Waals surface area contributed by atoms with E-state index >= 15 is 0 Å². The number of allylic oxidation sites excluding steroid dienone is 1. The molecule has 0 radical (unpaired) electrons. The predicted molar refractivity (Wildman–Crippen MR) is 84.8 cm³/mol. The minimum atomic E-state index is -1.86. The van der Waals surface area contributed by atoms with Gasteiger partial charge in [0, 0.05) is 0 Å². The van der Waals surface area contributed by atoms with Crippen molar-refractivity contribution in [2.45, 2.75) is 46.6 Å². The molecule has 104 valence electrons. The average Bonchev–Trinajstić information content (AvgIpc) is 2.66. The van der Waals surface area contributed by atoms with Gasteiger partial charge in [0.1, 0.15) is 0 Å². The maximum atomic E-state index is 10.9. The minimum absolute atomic E-state index is 0.161. The molecule has 1 aliphatic carbocycles. The summed E-state index contributed by atoms with van der Waals surface area (Å²) in [6.45, 7) is 2.29. The maximum absolute atomic E-state index is 10.9. The first-order chi connectivity index (χ1) is 8.73. The van der Waals surface area contributed by atoms with E-state index in [2.05, 4.69) is 44.0 Å². The first-order valence-electron chi connectivity index (χ1n) is 7.21. The molecule has 0 amide bonds. The Balaban J connectivity index is 2.17. The average molecular weight is 365 g/mol. The molecular formula is C17H26OSn. The van der Waals surface area contributed by atoms with E-state index in [0.29, 0.717) is 0 Å². The molecule has 1 aromatic rings. The fourth-order valence-electron chi connectivity index (χ4n) is 2.93. The molecular weight excluding hydrogens is 339 g/mol. The zero-order valence-electron chi connectivity index (χ0n) is 12.6. The fraction of sp³-hybridized carbons (Fsp3) is 0.529. The Hall–Kier alpha value is -0.281. The molecule has 1 fully saturated rings. The van der Waals surface area contributed by atoms with E-state index in [4.69, 9.17) is 0 Å². The number of rotatable bonds is 3. The number of benzene rings is 1. The molecule has 0 aliphatic heterocycles. The van der Waals surface area contributed by atoms with Crippen LogP contribution in [0.4, 0.5) is 0 Å². The standard InChI is InChI=1S/C14H17O.3CH3.Sn/c1-3-13(2)9-10-14(15,11-13)12-7-5-4-6-8-12;;;;/h1,3-8,15H,9-11H2,2H3;3*1H3;/t13-,14-;;;;/m0..../s1. The molecule has 1 N–H and O–H groups in total. The van der Waals surface area contributed by atoms with Gasteiger partial charge in [-0.15, -0.1) is 0 Å². The number of hydrogen-bond acceptors (Lipinski definition) is 1. The summed E-state index contributed by atoms with van der Waals surface area (Å²) in [4.78, 5) is 7.27. The third-order valence-corrected chi connectivity index (χ3v) is 7.43. The van der Waals surface area contributed by atoms with Gasteiger partial charge in [-0.25, -0.2) is 0 Å². The summed E-state index contributed by atoms with van der Waals surface area (Å²) in [7, 11) is 0. The summed E-state index contributed by atoms with van der Waals surface area (Å²) in [5, 5.41) is 10.9. The van der Waals surface area contributed by atoms with Gasteiger partial charge in [-0.3, -0.25) is 0 Å². The van der Waals surface area contributed by atoms with Crippen LogP contribution < -0.4 is 0 Å². The Morgan fingerprint density at radius 1 is 1.11 bits per heavy atom. The van der Waals surface area contributed by atoms with Crippen molar-refractivity contribution in [1.82, 2.24) is 0 Å². The normalized spacial score (nSPS) is 32.1. The van der Waals surface area contributed by atoms with Crippen LogP contribution in [0, 0.1) is 5.41 Å². The van der Waals surface area contributed by atoms with E-state index in [1.807, 2.05) is 18.2 Å². The zero-order valence-corrected chi connectivity index (χ0v) is 15.5. The zero-order chi connectivity index (χ0) is 14.1. The van der Waals surface area contributed by atoms with Gasteiger partial charge in [-0.05, 0) is 0 Å². The summed E-state index contributed by atoms with van der Waals surface area (Å²) in [5.74, 6) is 0. The van der Waals surface area contributed by atoms with Crippen LogP contribution >= 0.6 is 0 Å². The molecule has 1 aromatic carbocycles. The second-order valence-corrected chi connectivity index (χ2v) is 21.9. The van der Waals surface area contributed by atoms with E-state index in [1.54, 1.807) is 0 Å². The van der Waals surface area contributed by atoms with E-state index in [1.165, 1.54) is 0 Å². The first kappa shape index (κ1) is 15.1. The molecule has 2 rings (SSSR count). The quantitative estimate of drug-likeness (QED) is 0.783. The molecule has 0 aromatic heterocycles. The van der Waals surface area contributed by atoms with Crippen molar-refractivity contribution in [2.24, 2.45) is 5.41 Å². The second kappa shape index (κ2) is 5.25. The van der Waals surface area contributed by atoms with Gasteiger partial charge < -0.3 is 0 Å². The van der Waals surface area contributed by atoms with Gasteiger partial charge in [0.25, 0.3) is 0 Å². The Kier molecular flexibility index (Phi) is 4.18.